The first-order valence-corrected chi connectivity index (χ1v) is 1.75. The summed E-state index contributed by atoms with van der Waals surface area (Å²) in [6.07, 6.45) is 0. The van der Waals surface area contributed by atoms with Crippen LogP contribution in [0.5, 0.6) is 0 Å². The van der Waals surface area contributed by atoms with Gasteiger partial charge in [-0.2, -0.15) is 0 Å². The molecule has 0 heterocycles. The van der Waals surface area contributed by atoms with E-state index >= 15 is 0 Å². The smallest absolute Gasteiger partial charge is 0.134 e. The van der Waals surface area contributed by atoms with Crippen LogP contribution in [0.1, 0.15) is 0 Å². The normalized spacial score (nSPS) is 5.20. The summed E-state index contributed by atoms with van der Waals surface area (Å²) in [6.45, 7) is 0. The Bertz CT molecular complexity index is 29.9. The molecular weight excluding hydrogens is 241 g/mol. The molecule has 34 valence electrons. The summed E-state index contributed by atoms with van der Waals surface area (Å²) in [6, 6.07) is 0. The van der Waals surface area contributed by atoms with Crippen molar-refractivity contribution in [2.24, 2.45) is 0 Å². The fourth-order valence-electron chi connectivity index (χ4n) is 0. The molecule has 0 aromatic heterocycles. The molecule has 0 aliphatic rings. The number of hydrogen-bond acceptors (Lipinski definition) is 1. The zero-order valence-electron chi connectivity index (χ0n) is 2.07. The van der Waals surface area contributed by atoms with Gasteiger partial charge >= 0.3 is 8.25 Å². The maximum absolute atomic E-state index is 8.70. The van der Waals surface area contributed by atoms with Crippen LogP contribution in [0.15, 0.2) is 0 Å². The first kappa shape index (κ1) is 9.57. The summed E-state index contributed by atoms with van der Waals surface area (Å²) in [7, 11) is -2.87. The van der Waals surface area contributed by atoms with Crippen LogP contribution in [0.2, 0.25) is 0 Å². The van der Waals surface area contributed by atoms with Gasteiger partial charge in [0.25, 0.3) is 0 Å². The first-order valence-electron chi connectivity index (χ1n) is 0.583. The third kappa shape index (κ3) is 34.3. The van der Waals surface area contributed by atoms with Gasteiger partial charge in [-0.05, 0) is 0 Å². The predicted octanol–water partition coefficient (Wildman–Crippen LogP) is -0.372. The summed E-state index contributed by atoms with van der Waals surface area (Å²) in [5.41, 5.74) is 0. The van der Waals surface area contributed by atoms with E-state index in [1.54, 1.807) is 0 Å². The molecule has 0 aromatic rings. The predicted molar refractivity (Wildman–Crippen MR) is 12.0 cm³/mol. The molecule has 0 unspecified atom stereocenters. The van der Waals surface area contributed by atoms with E-state index in [4.69, 9.17) is 14.4 Å². The Balaban J connectivity index is 0. The van der Waals surface area contributed by atoms with Crippen LogP contribution < -0.4 is 0 Å². The van der Waals surface area contributed by atoms with Gasteiger partial charge in [0.15, 0.2) is 0 Å². The second-order valence-corrected chi connectivity index (χ2v) is 0.758. The van der Waals surface area contributed by atoms with Crippen molar-refractivity contribution in [3.63, 3.8) is 0 Å². The topological polar surface area (TPSA) is 57.5 Å². The Morgan fingerprint density at radius 3 is 1.40 bits per heavy atom. The van der Waals surface area contributed by atoms with Gasteiger partial charge in [0.1, 0.15) is 0 Å². The zero-order valence-corrected chi connectivity index (χ0v) is 4.99. The first-order chi connectivity index (χ1) is 1.73. The molecule has 0 bridgehead atoms. The van der Waals surface area contributed by atoms with E-state index in [-0.39, 0.29) is 38.2 Å². The number of hydrogen-bond donors (Lipinski definition) is 2. The van der Waals surface area contributed by atoms with Gasteiger partial charge in [0.2, 0.25) is 0 Å². The van der Waals surface area contributed by atoms with Gasteiger partial charge < -0.3 is 0 Å². The molecule has 0 spiro atoms. The standard InChI is InChI=1S/Dy.HO3P/c;1-4(2)3/h;(H-,1,2,3)/p+1. The van der Waals surface area contributed by atoms with Crippen LogP contribution in [-0.4, -0.2) is 9.79 Å². The van der Waals surface area contributed by atoms with Crippen molar-refractivity contribution in [1.29, 1.82) is 0 Å². The van der Waals surface area contributed by atoms with Crippen LogP contribution in [0.25, 0.3) is 0 Å². The molecule has 0 saturated heterocycles. The molecular formula is H2DyO3P+. The molecule has 0 fully saturated rings. The average molecular weight is 243 g/mol. The third-order valence-electron chi connectivity index (χ3n) is 0. The maximum Gasteiger partial charge on any atom is 0.692 e. The summed E-state index contributed by atoms with van der Waals surface area (Å²) < 4.78 is 8.70. The molecule has 0 rings (SSSR count). The van der Waals surface area contributed by atoms with Crippen molar-refractivity contribution in [3.8, 4) is 0 Å². The Morgan fingerprint density at radius 2 is 1.40 bits per heavy atom. The molecule has 0 aromatic carbocycles. The molecule has 0 atom stereocenters. The minimum Gasteiger partial charge on any atom is -0.134 e. The zero-order chi connectivity index (χ0) is 3.58. The van der Waals surface area contributed by atoms with Crippen molar-refractivity contribution in [3.05, 3.63) is 0 Å². The summed E-state index contributed by atoms with van der Waals surface area (Å²) >= 11 is 0. The van der Waals surface area contributed by atoms with E-state index in [9.17, 15) is 0 Å². The van der Waals surface area contributed by atoms with E-state index in [1.807, 2.05) is 0 Å². The number of rotatable bonds is 0. The van der Waals surface area contributed by atoms with E-state index in [1.165, 1.54) is 0 Å². The van der Waals surface area contributed by atoms with Gasteiger partial charge in [-0.3, -0.25) is 0 Å². The molecule has 0 amide bonds. The van der Waals surface area contributed by atoms with Gasteiger partial charge in [0.05, 0.1) is 0 Å². The molecule has 0 radical (unpaired) electrons. The summed E-state index contributed by atoms with van der Waals surface area (Å²) in [5.74, 6) is 0. The van der Waals surface area contributed by atoms with Crippen LogP contribution in [0.4, 0.5) is 0 Å². The van der Waals surface area contributed by atoms with Crippen molar-refractivity contribution in [2.75, 3.05) is 0 Å². The van der Waals surface area contributed by atoms with E-state index in [0.717, 1.165) is 0 Å². The molecule has 5 heavy (non-hydrogen) atoms. The molecule has 0 aliphatic heterocycles. The van der Waals surface area contributed by atoms with Crippen LogP contribution in [0, 0.1) is 38.2 Å². The molecule has 0 saturated carbocycles. The molecule has 0 aliphatic carbocycles. The Hall–Kier alpha value is 1.29. The molecule has 2 N–H and O–H groups in total. The van der Waals surface area contributed by atoms with Crippen LogP contribution >= 0.6 is 8.25 Å². The monoisotopic (exact) mass is 245 g/mol. The average Bonchev–Trinajstić information content (AvgIpc) is 0.811. The second-order valence-electron chi connectivity index (χ2n) is 0.253. The van der Waals surface area contributed by atoms with Crippen LogP contribution in [-0.2, 0) is 4.57 Å². The van der Waals surface area contributed by atoms with Crippen molar-refractivity contribution >= 4 is 8.25 Å². The maximum atomic E-state index is 8.70. The van der Waals surface area contributed by atoms with Crippen molar-refractivity contribution < 1.29 is 52.5 Å². The van der Waals surface area contributed by atoms with Crippen LogP contribution in [0.3, 0.4) is 0 Å². The summed E-state index contributed by atoms with van der Waals surface area (Å²) in [5, 5.41) is 0. The fraction of sp³-hybridized carbons (Fsp3) is 0. The van der Waals surface area contributed by atoms with Gasteiger partial charge in [-0.1, -0.05) is 0 Å². The largest absolute Gasteiger partial charge is 0.692 e. The van der Waals surface area contributed by atoms with E-state index in [0.29, 0.717) is 0 Å². The quantitative estimate of drug-likeness (QED) is 0.571. The van der Waals surface area contributed by atoms with Crippen molar-refractivity contribution in [1.82, 2.24) is 0 Å². The fourth-order valence-corrected chi connectivity index (χ4v) is 0. The minimum atomic E-state index is -2.87. The summed E-state index contributed by atoms with van der Waals surface area (Å²) in [4.78, 5) is 14.2. The minimum absolute atomic E-state index is 0. The second kappa shape index (κ2) is 5.29. The van der Waals surface area contributed by atoms with Crippen molar-refractivity contribution in [2.45, 2.75) is 0 Å². The van der Waals surface area contributed by atoms with E-state index < -0.39 is 8.25 Å². The SMILES string of the molecule is O=[P+](O)O.[Dy]. The molecule has 3 nitrogen and oxygen atoms in total. The Kier molecular flexibility index (Phi) is 10.1. The van der Waals surface area contributed by atoms with E-state index in [2.05, 4.69) is 0 Å². The van der Waals surface area contributed by atoms with Gasteiger partial charge in [-0.15, -0.1) is 9.79 Å². The van der Waals surface area contributed by atoms with Gasteiger partial charge in [-0.25, -0.2) is 0 Å². The van der Waals surface area contributed by atoms with Gasteiger partial charge in [0, 0.05) is 42.7 Å². The third-order valence-corrected chi connectivity index (χ3v) is 0. The molecule has 5 heteroatoms. The Labute approximate surface area is 60.4 Å². The Morgan fingerprint density at radius 1 is 1.40 bits per heavy atom.